The minimum atomic E-state index is -0.204. The molecule has 180 valence electrons. The Bertz CT molecular complexity index is 1140. The van der Waals surface area contributed by atoms with Crippen molar-refractivity contribution >= 4 is 38.2 Å². The second-order valence-electron chi connectivity index (χ2n) is 8.25. The van der Waals surface area contributed by atoms with Crippen LogP contribution in [0, 0.1) is 0 Å². The molecule has 0 unspecified atom stereocenters. The number of benzene rings is 1. The Morgan fingerprint density at radius 2 is 1.94 bits per heavy atom. The summed E-state index contributed by atoms with van der Waals surface area (Å²) >= 11 is 1.33. The van der Waals surface area contributed by atoms with Crippen molar-refractivity contribution in [3.8, 4) is 5.75 Å². The summed E-state index contributed by atoms with van der Waals surface area (Å²) in [4.78, 5) is 29.3. The second-order valence-corrected chi connectivity index (χ2v) is 9.27. The number of rotatable bonds is 13. The average molecular weight is 474 g/mol. The second kappa shape index (κ2) is 12.2. The number of para-hydroxylation sites is 1. The molecule has 2 aromatic heterocycles. The van der Waals surface area contributed by atoms with Crippen molar-refractivity contribution in [1.82, 2.24) is 14.8 Å². The van der Waals surface area contributed by atoms with Crippen LogP contribution < -0.4 is 15.6 Å². The van der Waals surface area contributed by atoms with Crippen LogP contribution in [0.4, 0.5) is 0 Å². The number of carbonyl (C=O) groups excluding carboxylic acids is 1. The average Bonchev–Trinajstić information content (AvgIpc) is 3.19. The quantitative estimate of drug-likeness (QED) is 0.378. The summed E-state index contributed by atoms with van der Waals surface area (Å²) in [5, 5.41) is 4.46. The van der Waals surface area contributed by atoms with Gasteiger partial charge in [0, 0.05) is 25.1 Å². The van der Waals surface area contributed by atoms with Crippen molar-refractivity contribution in [3.05, 3.63) is 39.5 Å². The van der Waals surface area contributed by atoms with E-state index in [0.717, 1.165) is 41.4 Å². The number of hydrogen-bond acceptors (Lipinski definition) is 6. The van der Waals surface area contributed by atoms with E-state index in [9.17, 15) is 9.59 Å². The predicted octanol–water partition coefficient (Wildman–Crippen LogP) is 4.11. The van der Waals surface area contributed by atoms with E-state index in [-0.39, 0.29) is 18.1 Å². The monoisotopic (exact) mass is 473 g/mol. The number of nitrogens with zero attached hydrogens (tertiary/aromatic N) is 2. The molecule has 0 spiro atoms. The van der Waals surface area contributed by atoms with Gasteiger partial charge in [-0.1, -0.05) is 31.5 Å². The fourth-order valence-corrected chi connectivity index (χ4v) is 4.98. The first-order chi connectivity index (χ1) is 16.0. The molecule has 0 atom stereocenters. The van der Waals surface area contributed by atoms with E-state index < -0.39 is 0 Å². The maximum absolute atomic E-state index is 13.7. The van der Waals surface area contributed by atoms with Gasteiger partial charge in [0.05, 0.1) is 16.8 Å². The molecule has 8 heteroatoms. The van der Waals surface area contributed by atoms with Gasteiger partial charge in [-0.05, 0) is 46.5 Å². The number of amides is 1. The van der Waals surface area contributed by atoms with Crippen LogP contribution in [0.15, 0.2) is 29.1 Å². The van der Waals surface area contributed by atoms with Crippen LogP contribution in [0.5, 0.6) is 5.75 Å². The summed E-state index contributed by atoms with van der Waals surface area (Å²) < 4.78 is 14.1. The van der Waals surface area contributed by atoms with Crippen LogP contribution in [0.25, 0.3) is 21.0 Å². The normalized spacial score (nSPS) is 11.5. The molecule has 0 fully saturated rings. The van der Waals surface area contributed by atoms with E-state index in [0.29, 0.717) is 42.3 Å². The van der Waals surface area contributed by atoms with Crippen molar-refractivity contribution in [2.24, 2.45) is 0 Å². The number of hydrogen-bond donors (Lipinski definition) is 1. The zero-order valence-corrected chi connectivity index (χ0v) is 20.9. The summed E-state index contributed by atoms with van der Waals surface area (Å²) in [7, 11) is 4.01. The lowest BCUT2D eigenvalue weighted by Crippen LogP contribution is -2.27. The molecular formula is C25H35N3O4S. The molecule has 0 aliphatic heterocycles. The molecule has 1 N–H and O–H groups in total. The maximum Gasteiger partial charge on any atom is 0.265 e. The van der Waals surface area contributed by atoms with Gasteiger partial charge in [-0.2, -0.15) is 0 Å². The standard InChI is InChI=1S/C25H35N3O4S/c1-5-7-15-28-19-12-9-8-11-18(19)22-20(25(28)30)21(32-17-16-31-6-2)23(33-22)24(29)26-13-10-14-27(3)4/h8-9,11-12H,5-7,10,13-17H2,1-4H3,(H,26,29). The van der Waals surface area contributed by atoms with Crippen molar-refractivity contribution in [3.63, 3.8) is 0 Å². The lowest BCUT2D eigenvalue weighted by Gasteiger charge is -2.12. The van der Waals surface area contributed by atoms with E-state index in [1.165, 1.54) is 11.3 Å². The highest BCUT2D eigenvalue weighted by Gasteiger charge is 2.25. The largest absolute Gasteiger partial charge is 0.489 e. The van der Waals surface area contributed by atoms with E-state index in [1.807, 2.05) is 49.9 Å². The fourth-order valence-electron chi connectivity index (χ4n) is 3.80. The predicted molar refractivity (Wildman–Crippen MR) is 136 cm³/mol. The Morgan fingerprint density at radius 3 is 2.67 bits per heavy atom. The number of thiophene rings is 1. The third-order valence-electron chi connectivity index (χ3n) is 5.45. The summed E-state index contributed by atoms with van der Waals surface area (Å²) in [6, 6.07) is 7.90. The van der Waals surface area contributed by atoms with Gasteiger partial charge in [-0.3, -0.25) is 9.59 Å². The van der Waals surface area contributed by atoms with Crippen LogP contribution in [-0.2, 0) is 11.3 Å². The summed E-state index contributed by atoms with van der Waals surface area (Å²) in [5.41, 5.74) is 0.787. The van der Waals surface area contributed by atoms with Gasteiger partial charge in [0.15, 0.2) is 5.75 Å². The molecular weight excluding hydrogens is 438 g/mol. The molecule has 3 aromatic rings. The number of ether oxygens (including phenoxy) is 2. The highest BCUT2D eigenvalue weighted by Crippen LogP contribution is 2.39. The van der Waals surface area contributed by atoms with Gasteiger partial charge < -0.3 is 24.3 Å². The third-order valence-corrected chi connectivity index (χ3v) is 6.65. The lowest BCUT2D eigenvalue weighted by molar-refractivity contribution is 0.0941. The molecule has 1 aromatic carbocycles. The van der Waals surface area contributed by atoms with Crippen molar-refractivity contribution < 1.29 is 14.3 Å². The Hall–Kier alpha value is -2.42. The van der Waals surface area contributed by atoms with Crippen LogP contribution >= 0.6 is 11.3 Å². The number of unbranched alkanes of at least 4 members (excludes halogenated alkanes) is 1. The minimum absolute atomic E-state index is 0.105. The summed E-state index contributed by atoms with van der Waals surface area (Å²) in [6.07, 6.45) is 2.73. The van der Waals surface area contributed by atoms with Crippen molar-refractivity contribution in [2.75, 3.05) is 47.0 Å². The van der Waals surface area contributed by atoms with Crippen molar-refractivity contribution in [1.29, 1.82) is 0 Å². The topological polar surface area (TPSA) is 72.8 Å². The van der Waals surface area contributed by atoms with Gasteiger partial charge in [0.1, 0.15) is 16.9 Å². The molecule has 0 saturated heterocycles. The molecule has 0 aliphatic rings. The van der Waals surface area contributed by atoms with Crippen molar-refractivity contribution in [2.45, 2.75) is 39.7 Å². The van der Waals surface area contributed by atoms with Gasteiger partial charge >= 0.3 is 0 Å². The molecule has 0 bridgehead atoms. The third kappa shape index (κ3) is 5.93. The highest BCUT2D eigenvalue weighted by atomic mass is 32.1. The number of aromatic nitrogens is 1. The van der Waals surface area contributed by atoms with E-state index in [2.05, 4.69) is 17.1 Å². The molecule has 33 heavy (non-hydrogen) atoms. The Labute approximate surface area is 199 Å². The Balaban J connectivity index is 2.09. The molecule has 0 aliphatic carbocycles. The van der Waals surface area contributed by atoms with Gasteiger partial charge in [0.2, 0.25) is 0 Å². The lowest BCUT2D eigenvalue weighted by atomic mass is 10.1. The van der Waals surface area contributed by atoms with E-state index in [1.54, 1.807) is 0 Å². The van der Waals surface area contributed by atoms with Crippen LogP contribution in [-0.4, -0.2) is 62.4 Å². The zero-order valence-electron chi connectivity index (χ0n) is 20.1. The van der Waals surface area contributed by atoms with Crippen LogP contribution in [0.2, 0.25) is 0 Å². The zero-order chi connectivity index (χ0) is 23.8. The number of nitrogens with one attached hydrogen (secondary N) is 1. The Kier molecular flexibility index (Phi) is 9.29. The van der Waals surface area contributed by atoms with E-state index in [4.69, 9.17) is 9.47 Å². The molecule has 1 amide bonds. The number of pyridine rings is 1. The van der Waals surface area contributed by atoms with Gasteiger partial charge in [-0.15, -0.1) is 11.3 Å². The van der Waals surface area contributed by atoms with Gasteiger partial charge in [-0.25, -0.2) is 0 Å². The van der Waals surface area contributed by atoms with E-state index >= 15 is 0 Å². The summed E-state index contributed by atoms with van der Waals surface area (Å²) in [6.45, 7) is 7.37. The smallest absolute Gasteiger partial charge is 0.265 e. The SMILES string of the molecule is CCCCn1c(=O)c2c(OCCOCC)c(C(=O)NCCCN(C)C)sc2c2ccccc21. The first-order valence-electron chi connectivity index (χ1n) is 11.7. The molecule has 2 heterocycles. The minimum Gasteiger partial charge on any atom is -0.489 e. The molecule has 0 saturated carbocycles. The van der Waals surface area contributed by atoms with Gasteiger partial charge in [0.25, 0.3) is 11.5 Å². The van der Waals surface area contributed by atoms with Crippen LogP contribution in [0.3, 0.4) is 0 Å². The number of aryl methyl sites for hydroxylation is 1. The fraction of sp³-hybridized carbons (Fsp3) is 0.520. The summed E-state index contributed by atoms with van der Waals surface area (Å²) in [5.74, 6) is 0.172. The highest BCUT2D eigenvalue weighted by molar-refractivity contribution is 7.22. The molecule has 0 radical (unpaired) electrons. The first-order valence-corrected chi connectivity index (χ1v) is 12.5. The number of carbonyl (C=O) groups is 1. The Morgan fingerprint density at radius 1 is 1.15 bits per heavy atom. The maximum atomic E-state index is 13.7. The van der Waals surface area contributed by atoms with Crippen LogP contribution in [0.1, 0.15) is 42.8 Å². The molecule has 3 rings (SSSR count). The first kappa shape index (κ1) is 25.2. The molecule has 7 nitrogen and oxygen atoms in total. The number of fused-ring (bicyclic) bond motifs is 3.